The molecule has 0 aliphatic carbocycles. The highest BCUT2D eigenvalue weighted by molar-refractivity contribution is 6.60. The number of H-pyrrole nitrogens is 2. The number of hydrogen-bond donors (Lipinski definition) is 6. The highest BCUT2D eigenvalue weighted by atomic mass is 28.4. The first-order valence-corrected chi connectivity index (χ1v) is 27.4. The van der Waals surface area contributed by atoms with Crippen molar-refractivity contribution < 1.29 is 13.3 Å². The average Bonchev–Trinajstić information content (AvgIpc) is 4.25. The second-order valence-corrected chi connectivity index (χ2v) is 20.9. The molecule has 0 atom stereocenters. The maximum atomic E-state index is 6.10. The van der Waals surface area contributed by atoms with Gasteiger partial charge in [0, 0.05) is 96.4 Å². The fraction of sp³-hybridized carbons (Fsp3) is 0.267. The molecule has 11 nitrogen and oxygen atoms in total. The molecule has 0 fully saturated rings. The average molecular weight is 977 g/mol. The van der Waals surface area contributed by atoms with Gasteiger partial charge in [-0.3, -0.25) is 0 Å². The lowest BCUT2D eigenvalue weighted by atomic mass is 10.0. The molecule has 4 aromatic carbocycles. The van der Waals surface area contributed by atoms with E-state index in [9.17, 15) is 0 Å². The van der Waals surface area contributed by atoms with E-state index in [-0.39, 0.29) is 0 Å². The van der Waals surface area contributed by atoms with Gasteiger partial charge in [-0.05, 0) is 148 Å². The zero-order valence-corrected chi connectivity index (χ0v) is 43.5. The van der Waals surface area contributed by atoms with Crippen LogP contribution in [0.15, 0.2) is 121 Å². The quantitative estimate of drug-likeness (QED) is 0.0290. The van der Waals surface area contributed by atoms with Gasteiger partial charge in [0.1, 0.15) is 0 Å². The normalized spacial score (nSPS) is 12.3. The third-order valence-corrected chi connectivity index (χ3v) is 16.3. The Morgan fingerprint density at radius 3 is 0.972 bits per heavy atom. The van der Waals surface area contributed by atoms with E-state index >= 15 is 0 Å². The summed E-state index contributed by atoms with van der Waals surface area (Å²) < 4.78 is 18.3. The van der Waals surface area contributed by atoms with E-state index in [2.05, 4.69) is 177 Å². The Balaban J connectivity index is 1.21. The summed E-state index contributed by atoms with van der Waals surface area (Å²) in [6, 6.07) is 44.8. The fourth-order valence-electron chi connectivity index (χ4n) is 9.85. The molecule has 0 radical (unpaired) electrons. The van der Waals surface area contributed by atoms with Crippen molar-refractivity contribution in [1.29, 1.82) is 0 Å². The van der Waals surface area contributed by atoms with Crippen LogP contribution in [0.2, 0.25) is 6.04 Å². The van der Waals surface area contributed by atoms with Gasteiger partial charge in [0.2, 0.25) is 0 Å². The molecule has 8 bridgehead atoms. The molecular weight excluding hydrogens is 909 g/mol. The van der Waals surface area contributed by atoms with Gasteiger partial charge >= 0.3 is 8.80 Å². The molecule has 0 spiro atoms. The Morgan fingerprint density at radius 1 is 0.403 bits per heavy atom. The molecular formula is C60H68N8O3Si. The third-order valence-electron chi connectivity index (χ3n) is 13.1. The summed E-state index contributed by atoms with van der Waals surface area (Å²) in [6.45, 7) is 11.7. The van der Waals surface area contributed by atoms with Gasteiger partial charge in [0.15, 0.2) is 0 Å². The van der Waals surface area contributed by atoms with Gasteiger partial charge in [-0.15, -0.1) is 0 Å². The van der Waals surface area contributed by atoms with Crippen LogP contribution in [0, 0.1) is 0 Å². The second-order valence-electron chi connectivity index (χ2n) is 18.1. The van der Waals surface area contributed by atoms with Crippen LogP contribution in [-0.4, -0.2) is 76.2 Å². The smallest absolute Gasteiger partial charge is 0.374 e. The van der Waals surface area contributed by atoms with Crippen molar-refractivity contribution in [2.45, 2.75) is 59.4 Å². The molecule has 2 aliphatic heterocycles. The highest BCUT2D eigenvalue weighted by Crippen LogP contribution is 2.39. The molecule has 6 N–H and O–H groups in total. The SMILES string of the molecule is CCO[Si](CCCNCc1ccc(-c2c3nc(c(-c4ccc(CNC)cc4)c4ccc([nH]4)c(-c4ccc(CNC)cc4)c4nc(c(-c5ccc(CNC)cc5)c5ccc2[nH]5)C=C4)C=C3)cc1)(OCC)OCC. The Morgan fingerprint density at radius 2 is 0.694 bits per heavy atom. The molecule has 7 aromatic rings. The van der Waals surface area contributed by atoms with Crippen LogP contribution in [0.1, 0.15) is 72.2 Å². The lowest BCUT2D eigenvalue weighted by Crippen LogP contribution is -2.46. The minimum absolute atomic E-state index is 0.582. The fourth-order valence-corrected chi connectivity index (χ4v) is 12.5. The van der Waals surface area contributed by atoms with Gasteiger partial charge in [-0.2, -0.15) is 0 Å². The van der Waals surface area contributed by atoms with Gasteiger partial charge < -0.3 is 44.5 Å². The molecule has 9 rings (SSSR count). The van der Waals surface area contributed by atoms with E-state index in [1.54, 1.807) is 0 Å². The van der Waals surface area contributed by atoms with E-state index in [0.717, 1.165) is 135 Å². The molecule has 12 heteroatoms. The van der Waals surface area contributed by atoms with Crippen molar-refractivity contribution in [2.24, 2.45) is 0 Å². The second kappa shape index (κ2) is 23.8. The zero-order chi connectivity index (χ0) is 49.9. The lowest BCUT2D eigenvalue weighted by molar-refractivity contribution is 0.0708. The molecule has 3 aromatic heterocycles. The third kappa shape index (κ3) is 11.4. The topological polar surface area (TPSA) is 133 Å². The van der Waals surface area contributed by atoms with Gasteiger partial charge in [0.05, 0.1) is 22.8 Å². The summed E-state index contributed by atoms with van der Waals surface area (Å²) >= 11 is 0. The molecule has 0 saturated heterocycles. The number of benzene rings is 4. The number of hydrogen-bond acceptors (Lipinski definition) is 9. The molecule has 5 heterocycles. The van der Waals surface area contributed by atoms with Crippen LogP contribution < -0.4 is 21.3 Å². The van der Waals surface area contributed by atoms with Gasteiger partial charge in [-0.1, -0.05) is 97.1 Å². The first-order valence-electron chi connectivity index (χ1n) is 25.5. The van der Waals surface area contributed by atoms with Crippen LogP contribution >= 0.6 is 0 Å². The minimum atomic E-state index is -2.69. The lowest BCUT2D eigenvalue weighted by Gasteiger charge is -2.28. The van der Waals surface area contributed by atoms with E-state index in [0.29, 0.717) is 19.8 Å². The van der Waals surface area contributed by atoms with E-state index in [4.69, 9.17) is 23.2 Å². The van der Waals surface area contributed by atoms with Crippen LogP contribution in [0.25, 0.3) is 90.9 Å². The summed E-state index contributed by atoms with van der Waals surface area (Å²) in [6.07, 6.45) is 9.54. The molecule has 0 amide bonds. The van der Waals surface area contributed by atoms with Crippen molar-refractivity contribution in [1.82, 2.24) is 41.2 Å². The van der Waals surface area contributed by atoms with Gasteiger partial charge in [0.25, 0.3) is 0 Å². The van der Waals surface area contributed by atoms with Crippen molar-refractivity contribution in [3.8, 4) is 44.5 Å². The first-order chi connectivity index (χ1) is 35.4. The maximum Gasteiger partial charge on any atom is 0.500 e. The van der Waals surface area contributed by atoms with Crippen molar-refractivity contribution in [3.05, 3.63) is 166 Å². The number of rotatable bonds is 22. The number of nitrogens with zero attached hydrogens (tertiary/aromatic N) is 2. The van der Waals surface area contributed by atoms with Crippen molar-refractivity contribution in [2.75, 3.05) is 47.5 Å². The summed E-state index contributed by atoms with van der Waals surface area (Å²) in [5.74, 6) is 0. The minimum Gasteiger partial charge on any atom is -0.374 e. The van der Waals surface area contributed by atoms with E-state index in [1.165, 1.54) is 22.3 Å². The predicted molar refractivity (Wildman–Crippen MR) is 301 cm³/mol. The number of aromatic nitrogens is 4. The zero-order valence-electron chi connectivity index (χ0n) is 42.5. The molecule has 72 heavy (non-hydrogen) atoms. The monoisotopic (exact) mass is 977 g/mol. The molecule has 2 aliphatic rings. The molecule has 0 saturated carbocycles. The van der Waals surface area contributed by atoms with Crippen molar-refractivity contribution >= 4 is 55.2 Å². The standard InChI is InChI=1S/C60H68N8O3Si/c1-7-69-72(70-8-2,71-9-3)36-10-35-64-40-44-17-25-48(26-18-44)60-55-33-31-53(67-55)58(46-21-13-42(14-22-46)38-62-5)51-29-27-49(65-51)57(45-19-11-41(12-20-45)37-61-4)50-28-30-52(66-50)59(54-32-34-56(60)68-54)47-23-15-43(16-24-47)39-63-6/h11-34,61-65,68H,7-10,35-40H2,1-6H3. The first kappa shape index (κ1) is 50.4. The summed E-state index contributed by atoms with van der Waals surface area (Å²) in [5.41, 5.74) is 20.6. The van der Waals surface area contributed by atoms with E-state index < -0.39 is 8.80 Å². The number of nitrogens with one attached hydrogen (secondary N) is 6. The summed E-state index contributed by atoms with van der Waals surface area (Å²) in [5, 5.41) is 13.5. The van der Waals surface area contributed by atoms with Crippen LogP contribution in [0.5, 0.6) is 0 Å². The molecule has 370 valence electrons. The Kier molecular flexibility index (Phi) is 16.6. The van der Waals surface area contributed by atoms with E-state index in [1.807, 2.05) is 41.9 Å². The summed E-state index contributed by atoms with van der Waals surface area (Å²) in [4.78, 5) is 18.9. The largest absolute Gasteiger partial charge is 0.500 e. The molecule has 0 unspecified atom stereocenters. The number of aromatic amines is 2. The van der Waals surface area contributed by atoms with Gasteiger partial charge in [-0.25, -0.2) is 9.97 Å². The van der Waals surface area contributed by atoms with Crippen LogP contribution in [-0.2, 0) is 39.5 Å². The Bertz CT molecular complexity index is 3110. The van der Waals surface area contributed by atoms with Crippen LogP contribution in [0.3, 0.4) is 0 Å². The van der Waals surface area contributed by atoms with Crippen LogP contribution in [0.4, 0.5) is 0 Å². The van der Waals surface area contributed by atoms with Crippen molar-refractivity contribution in [3.63, 3.8) is 0 Å². The summed E-state index contributed by atoms with van der Waals surface area (Å²) in [7, 11) is 3.24. The maximum absolute atomic E-state index is 6.10. The number of fused-ring (bicyclic) bond motifs is 8. The Labute approximate surface area is 425 Å². The predicted octanol–water partition coefficient (Wildman–Crippen LogP) is 12.0. The highest BCUT2D eigenvalue weighted by Gasteiger charge is 2.39. The Hall–Kier alpha value is -6.58.